The number of aromatic nitrogens is 1. The molecule has 26 heavy (non-hydrogen) atoms. The molecule has 0 aliphatic carbocycles. The number of aryl methyl sites for hydroxylation is 1. The summed E-state index contributed by atoms with van der Waals surface area (Å²) in [5.74, 6) is 1.29. The molecule has 0 spiro atoms. The van der Waals surface area contributed by atoms with Gasteiger partial charge in [-0.3, -0.25) is 4.79 Å². The van der Waals surface area contributed by atoms with E-state index in [1.807, 2.05) is 37.3 Å². The third-order valence-corrected chi connectivity index (χ3v) is 4.55. The molecule has 6 heteroatoms. The Kier molecular flexibility index (Phi) is 7.97. The molecule has 0 aliphatic rings. The summed E-state index contributed by atoms with van der Waals surface area (Å²) in [7, 11) is 0. The van der Waals surface area contributed by atoms with Gasteiger partial charge in [-0.1, -0.05) is 13.3 Å². The summed E-state index contributed by atoms with van der Waals surface area (Å²) in [5.41, 5.74) is 2.28. The van der Waals surface area contributed by atoms with Crippen LogP contribution in [0.25, 0.3) is 0 Å². The Morgan fingerprint density at radius 3 is 2.65 bits per heavy atom. The van der Waals surface area contributed by atoms with Crippen LogP contribution in [0.5, 0.6) is 5.75 Å². The summed E-state index contributed by atoms with van der Waals surface area (Å²) >= 11 is 1.45. The van der Waals surface area contributed by atoms with Crippen LogP contribution in [0.4, 0.5) is 5.69 Å². The van der Waals surface area contributed by atoms with Gasteiger partial charge in [0.1, 0.15) is 16.8 Å². The van der Waals surface area contributed by atoms with Crippen LogP contribution in [-0.2, 0) is 11.2 Å². The van der Waals surface area contributed by atoms with E-state index in [-0.39, 0.29) is 5.91 Å². The SMILES string of the molecule is CCCc1ccc(C#N)c(SCCC(=O)Nc2ccc(OCC)cc2)n1. The molecule has 0 unspecified atom stereocenters. The molecule has 2 rings (SSSR count). The molecule has 0 saturated heterocycles. The Bertz CT molecular complexity index is 770. The van der Waals surface area contributed by atoms with E-state index in [2.05, 4.69) is 23.3 Å². The number of hydrogen-bond acceptors (Lipinski definition) is 5. The van der Waals surface area contributed by atoms with Crippen molar-refractivity contribution in [2.45, 2.75) is 38.1 Å². The van der Waals surface area contributed by atoms with Crippen LogP contribution in [0.15, 0.2) is 41.4 Å². The first-order valence-electron chi connectivity index (χ1n) is 8.71. The molecule has 0 fully saturated rings. The predicted molar refractivity (Wildman–Crippen MR) is 105 cm³/mol. The third-order valence-electron chi connectivity index (χ3n) is 3.56. The van der Waals surface area contributed by atoms with Crippen molar-refractivity contribution in [3.8, 4) is 11.8 Å². The quantitative estimate of drug-likeness (QED) is 0.662. The average Bonchev–Trinajstić information content (AvgIpc) is 2.64. The van der Waals surface area contributed by atoms with Crippen molar-refractivity contribution in [3.05, 3.63) is 47.7 Å². The highest BCUT2D eigenvalue weighted by atomic mass is 32.2. The number of ether oxygens (including phenoxy) is 1. The fraction of sp³-hybridized carbons (Fsp3) is 0.350. The van der Waals surface area contributed by atoms with E-state index in [1.165, 1.54) is 11.8 Å². The highest BCUT2D eigenvalue weighted by molar-refractivity contribution is 7.99. The van der Waals surface area contributed by atoms with E-state index in [9.17, 15) is 10.1 Å². The van der Waals surface area contributed by atoms with E-state index < -0.39 is 0 Å². The smallest absolute Gasteiger partial charge is 0.225 e. The lowest BCUT2D eigenvalue weighted by molar-refractivity contribution is -0.115. The Hall–Kier alpha value is -2.52. The third kappa shape index (κ3) is 6.08. The fourth-order valence-electron chi connectivity index (χ4n) is 2.33. The van der Waals surface area contributed by atoms with Crippen LogP contribution in [0, 0.1) is 11.3 Å². The Balaban J connectivity index is 1.86. The monoisotopic (exact) mass is 369 g/mol. The molecule has 0 bridgehead atoms. The van der Waals surface area contributed by atoms with E-state index in [0.717, 1.165) is 30.0 Å². The number of amides is 1. The van der Waals surface area contributed by atoms with Crippen molar-refractivity contribution in [1.29, 1.82) is 5.26 Å². The molecule has 1 heterocycles. The van der Waals surface area contributed by atoms with Crippen LogP contribution in [0.1, 0.15) is 37.9 Å². The summed E-state index contributed by atoms with van der Waals surface area (Å²) in [6.07, 6.45) is 2.24. The second kappa shape index (κ2) is 10.5. The number of hydrogen-bond donors (Lipinski definition) is 1. The van der Waals surface area contributed by atoms with Gasteiger partial charge in [-0.05, 0) is 49.7 Å². The second-order valence-corrected chi connectivity index (χ2v) is 6.70. The zero-order chi connectivity index (χ0) is 18.8. The van der Waals surface area contributed by atoms with Crippen molar-refractivity contribution in [2.75, 3.05) is 17.7 Å². The minimum absolute atomic E-state index is 0.0649. The molecular weight excluding hydrogens is 346 g/mol. The maximum Gasteiger partial charge on any atom is 0.225 e. The lowest BCUT2D eigenvalue weighted by Gasteiger charge is -2.08. The summed E-state index contributed by atoms with van der Waals surface area (Å²) in [6, 6.07) is 13.2. The van der Waals surface area contributed by atoms with Crippen molar-refractivity contribution in [2.24, 2.45) is 0 Å². The lowest BCUT2D eigenvalue weighted by Crippen LogP contribution is -2.12. The van der Waals surface area contributed by atoms with Crippen molar-refractivity contribution in [1.82, 2.24) is 4.98 Å². The van der Waals surface area contributed by atoms with Crippen LogP contribution < -0.4 is 10.1 Å². The number of nitrogens with one attached hydrogen (secondary N) is 1. The molecule has 0 saturated carbocycles. The van der Waals surface area contributed by atoms with Crippen LogP contribution >= 0.6 is 11.8 Å². The maximum atomic E-state index is 12.1. The van der Waals surface area contributed by atoms with E-state index in [0.29, 0.717) is 29.4 Å². The van der Waals surface area contributed by atoms with Gasteiger partial charge >= 0.3 is 0 Å². The number of rotatable bonds is 9. The van der Waals surface area contributed by atoms with Gasteiger partial charge in [0.25, 0.3) is 0 Å². The number of benzene rings is 1. The van der Waals surface area contributed by atoms with Gasteiger partial charge in [-0.25, -0.2) is 4.98 Å². The molecular formula is C20H23N3O2S. The maximum absolute atomic E-state index is 12.1. The Morgan fingerprint density at radius 2 is 2.00 bits per heavy atom. The van der Waals surface area contributed by atoms with Gasteiger partial charge in [0, 0.05) is 23.6 Å². The molecule has 1 aromatic heterocycles. The molecule has 1 N–H and O–H groups in total. The number of nitrogens with zero attached hydrogens (tertiary/aromatic N) is 2. The van der Waals surface area contributed by atoms with Crippen molar-refractivity contribution in [3.63, 3.8) is 0 Å². The molecule has 136 valence electrons. The molecule has 0 atom stereocenters. The number of thioether (sulfide) groups is 1. The molecule has 5 nitrogen and oxygen atoms in total. The Labute approximate surface area is 158 Å². The van der Waals surface area contributed by atoms with Gasteiger partial charge in [0.15, 0.2) is 0 Å². The van der Waals surface area contributed by atoms with Crippen molar-refractivity contribution >= 4 is 23.4 Å². The first-order valence-corrected chi connectivity index (χ1v) is 9.70. The number of carbonyl (C=O) groups excluding carboxylic acids is 1. The van der Waals surface area contributed by atoms with Crippen LogP contribution in [0.2, 0.25) is 0 Å². The second-order valence-electron chi connectivity index (χ2n) is 5.62. The number of nitriles is 1. The van der Waals surface area contributed by atoms with E-state index >= 15 is 0 Å². The summed E-state index contributed by atoms with van der Waals surface area (Å²) in [5, 5.41) is 12.8. The standard InChI is InChI=1S/C20H23N3O2S/c1-3-5-16-7-6-15(14-21)20(23-16)26-13-12-19(24)22-17-8-10-18(11-9-17)25-4-2/h6-11H,3-5,12-13H2,1-2H3,(H,22,24). The molecule has 1 aromatic carbocycles. The van der Waals surface area contributed by atoms with E-state index in [4.69, 9.17) is 4.74 Å². The molecule has 0 aliphatic heterocycles. The number of carbonyl (C=O) groups is 1. The minimum atomic E-state index is -0.0649. The lowest BCUT2D eigenvalue weighted by atomic mass is 10.2. The van der Waals surface area contributed by atoms with Crippen molar-refractivity contribution < 1.29 is 9.53 Å². The summed E-state index contributed by atoms with van der Waals surface area (Å²) in [6.45, 7) is 4.64. The topological polar surface area (TPSA) is 75.0 Å². The normalized spacial score (nSPS) is 10.2. The highest BCUT2D eigenvalue weighted by Crippen LogP contribution is 2.22. The van der Waals surface area contributed by atoms with Gasteiger partial charge in [0.2, 0.25) is 5.91 Å². The zero-order valence-corrected chi connectivity index (χ0v) is 15.9. The minimum Gasteiger partial charge on any atom is -0.494 e. The largest absolute Gasteiger partial charge is 0.494 e. The van der Waals surface area contributed by atoms with E-state index in [1.54, 1.807) is 6.07 Å². The number of anilines is 1. The fourth-order valence-corrected chi connectivity index (χ4v) is 3.27. The van der Waals surface area contributed by atoms with Gasteiger partial charge < -0.3 is 10.1 Å². The van der Waals surface area contributed by atoms with Gasteiger partial charge in [-0.2, -0.15) is 5.26 Å². The summed E-state index contributed by atoms with van der Waals surface area (Å²) < 4.78 is 5.38. The van der Waals surface area contributed by atoms with Crippen LogP contribution in [0.3, 0.4) is 0 Å². The van der Waals surface area contributed by atoms with Gasteiger partial charge in [-0.15, -0.1) is 11.8 Å². The summed E-state index contributed by atoms with van der Waals surface area (Å²) in [4.78, 5) is 16.6. The first-order chi connectivity index (χ1) is 12.7. The Morgan fingerprint density at radius 1 is 1.23 bits per heavy atom. The molecule has 1 amide bonds. The molecule has 0 radical (unpaired) electrons. The zero-order valence-electron chi connectivity index (χ0n) is 15.1. The first kappa shape index (κ1) is 19.8. The highest BCUT2D eigenvalue weighted by Gasteiger charge is 2.08. The van der Waals surface area contributed by atoms with Gasteiger partial charge in [0.05, 0.1) is 12.2 Å². The predicted octanol–water partition coefficient (Wildman–Crippen LogP) is 4.43. The average molecular weight is 369 g/mol. The molecule has 2 aromatic rings. The van der Waals surface area contributed by atoms with Crippen LogP contribution in [-0.4, -0.2) is 23.3 Å². The number of pyridine rings is 1.